The van der Waals surface area contributed by atoms with Crippen LogP contribution < -0.4 is 9.46 Å². The molecule has 1 aliphatic carbocycles. The predicted octanol–water partition coefficient (Wildman–Crippen LogP) is 2.60. The molecule has 22 heavy (non-hydrogen) atoms. The molecule has 0 unspecified atom stereocenters. The molecule has 0 spiro atoms. The van der Waals surface area contributed by atoms with Crippen molar-refractivity contribution in [2.45, 2.75) is 49.5 Å². The molecule has 1 aromatic carbocycles. The highest BCUT2D eigenvalue weighted by atomic mass is 32.2. The lowest BCUT2D eigenvalue weighted by atomic mass is 10.1. The normalized spacial score (nSPS) is 17.0. The number of nitrogens with one attached hydrogen (secondary N) is 1. The van der Waals surface area contributed by atoms with E-state index < -0.39 is 20.6 Å². The van der Waals surface area contributed by atoms with Crippen molar-refractivity contribution < 1.29 is 18.1 Å². The van der Waals surface area contributed by atoms with E-state index in [1.54, 1.807) is 0 Å². The average molecular weight is 328 g/mol. The molecule has 0 amide bonds. The van der Waals surface area contributed by atoms with Gasteiger partial charge in [0.1, 0.15) is 5.75 Å². The van der Waals surface area contributed by atoms with Crippen LogP contribution in [0.15, 0.2) is 23.1 Å². The molecule has 8 heteroatoms. The third-order valence-electron chi connectivity index (χ3n) is 3.83. The minimum Gasteiger partial charge on any atom is -0.497 e. The molecule has 0 radical (unpaired) electrons. The summed E-state index contributed by atoms with van der Waals surface area (Å²) in [4.78, 5) is 10.1. The van der Waals surface area contributed by atoms with Crippen molar-refractivity contribution in [3.05, 3.63) is 28.3 Å². The largest absolute Gasteiger partial charge is 0.497 e. The number of nitro groups is 1. The van der Waals surface area contributed by atoms with Crippen molar-refractivity contribution in [3.8, 4) is 5.75 Å². The van der Waals surface area contributed by atoms with E-state index in [9.17, 15) is 18.5 Å². The third-order valence-corrected chi connectivity index (χ3v) is 5.40. The summed E-state index contributed by atoms with van der Waals surface area (Å²) in [7, 11) is -2.55. The number of ether oxygens (including phenoxy) is 1. The maximum Gasteiger partial charge on any atom is 0.293 e. The number of nitro benzene ring substituents is 1. The van der Waals surface area contributed by atoms with Crippen LogP contribution in [-0.2, 0) is 10.0 Å². The molecular formula is C14H20N2O5S. The Hall–Kier alpha value is -1.67. The maximum atomic E-state index is 12.5. The van der Waals surface area contributed by atoms with E-state index in [1.165, 1.54) is 19.2 Å². The second kappa shape index (κ2) is 7.06. The molecule has 2 rings (SSSR count). The van der Waals surface area contributed by atoms with Gasteiger partial charge in [-0.15, -0.1) is 0 Å². The van der Waals surface area contributed by atoms with Gasteiger partial charge < -0.3 is 4.74 Å². The number of hydrogen-bond donors (Lipinski definition) is 1. The van der Waals surface area contributed by atoms with Gasteiger partial charge in [-0.25, -0.2) is 13.1 Å². The first-order valence-electron chi connectivity index (χ1n) is 7.29. The number of nitrogens with zero attached hydrogens (tertiary/aromatic N) is 1. The van der Waals surface area contributed by atoms with Crippen LogP contribution in [0.25, 0.3) is 0 Å². The first kappa shape index (κ1) is 16.7. The quantitative estimate of drug-likeness (QED) is 0.509. The van der Waals surface area contributed by atoms with Gasteiger partial charge in [-0.3, -0.25) is 10.1 Å². The second-order valence-electron chi connectivity index (χ2n) is 5.40. The zero-order valence-corrected chi connectivity index (χ0v) is 13.3. The second-order valence-corrected chi connectivity index (χ2v) is 7.08. The molecule has 1 saturated carbocycles. The number of sulfonamides is 1. The molecule has 1 fully saturated rings. The summed E-state index contributed by atoms with van der Waals surface area (Å²) in [6, 6.07) is 3.60. The van der Waals surface area contributed by atoms with Crippen LogP contribution in [0.3, 0.4) is 0 Å². The minimum absolute atomic E-state index is 0.158. The third kappa shape index (κ3) is 3.95. The highest BCUT2D eigenvalue weighted by molar-refractivity contribution is 7.89. The smallest absolute Gasteiger partial charge is 0.293 e. The van der Waals surface area contributed by atoms with Crippen molar-refractivity contribution in [2.75, 3.05) is 7.11 Å². The zero-order chi connectivity index (χ0) is 16.2. The maximum absolute atomic E-state index is 12.5. The fraction of sp³-hybridized carbons (Fsp3) is 0.571. The number of hydrogen-bond acceptors (Lipinski definition) is 5. The van der Waals surface area contributed by atoms with E-state index in [4.69, 9.17) is 4.74 Å². The molecule has 1 aliphatic rings. The van der Waals surface area contributed by atoms with E-state index in [2.05, 4.69) is 4.72 Å². The van der Waals surface area contributed by atoms with Crippen molar-refractivity contribution >= 4 is 15.7 Å². The Morgan fingerprint density at radius 2 is 1.86 bits per heavy atom. The lowest BCUT2D eigenvalue weighted by molar-refractivity contribution is -0.387. The first-order chi connectivity index (χ1) is 10.4. The fourth-order valence-corrected chi connectivity index (χ4v) is 4.13. The van der Waals surface area contributed by atoms with Crippen LogP contribution in [0.2, 0.25) is 0 Å². The van der Waals surface area contributed by atoms with Gasteiger partial charge in [-0.2, -0.15) is 0 Å². The molecule has 0 atom stereocenters. The molecule has 1 N–H and O–H groups in total. The molecule has 0 aliphatic heterocycles. The van der Waals surface area contributed by atoms with E-state index in [-0.39, 0.29) is 16.7 Å². The SMILES string of the molecule is COc1ccc(S(=O)(=O)NC2CCCCCC2)c([N+](=O)[O-])c1. The number of benzene rings is 1. The van der Waals surface area contributed by atoms with Crippen LogP contribution in [0, 0.1) is 10.1 Å². The Bertz CT molecular complexity index is 637. The predicted molar refractivity (Wildman–Crippen MR) is 81.5 cm³/mol. The average Bonchev–Trinajstić information content (AvgIpc) is 2.74. The highest BCUT2D eigenvalue weighted by Gasteiger charge is 2.29. The van der Waals surface area contributed by atoms with Gasteiger partial charge in [-0.05, 0) is 25.0 Å². The summed E-state index contributed by atoms with van der Waals surface area (Å²) in [6.07, 6.45) is 5.67. The Morgan fingerprint density at radius 3 is 2.41 bits per heavy atom. The van der Waals surface area contributed by atoms with Crippen molar-refractivity contribution in [2.24, 2.45) is 0 Å². The topological polar surface area (TPSA) is 98.5 Å². The van der Waals surface area contributed by atoms with E-state index in [0.29, 0.717) is 0 Å². The van der Waals surface area contributed by atoms with Gasteiger partial charge in [-0.1, -0.05) is 25.7 Å². The molecule has 0 aromatic heterocycles. The van der Waals surface area contributed by atoms with E-state index in [1.807, 2.05) is 0 Å². The minimum atomic E-state index is -3.92. The Labute approximate surface area is 129 Å². The van der Waals surface area contributed by atoms with Crippen LogP contribution in [0.1, 0.15) is 38.5 Å². The lowest BCUT2D eigenvalue weighted by Crippen LogP contribution is -2.34. The van der Waals surface area contributed by atoms with Crippen molar-refractivity contribution in [1.29, 1.82) is 0 Å². The zero-order valence-electron chi connectivity index (χ0n) is 12.4. The summed E-state index contributed by atoms with van der Waals surface area (Å²) in [5.74, 6) is 0.250. The van der Waals surface area contributed by atoms with E-state index >= 15 is 0 Å². The van der Waals surface area contributed by atoms with Gasteiger partial charge in [0.2, 0.25) is 10.0 Å². The van der Waals surface area contributed by atoms with Gasteiger partial charge in [0.05, 0.1) is 18.1 Å². The van der Waals surface area contributed by atoms with Crippen molar-refractivity contribution in [1.82, 2.24) is 4.72 Å². The van der Waals surface area contributed by atoms with E-state index in [0.717, 1.165) is 44.6 Å². The highest BCUT2D eigenvalue weighted by Crippen LogP contribution is 2.29. The van der Waals surface area contributed by atoms with Crippen LogP contribution in [0.4, 0.5) is 5.69 Å². The molecule has 7 nitrogen and oxygen atoms in total. The first-order valence-corrected chi connectivity index (χ1v) is 8.77. The van der Waals surface area contributed by atoms with Crippen LogP contribution in [0.5, 0.6) is 5.75 Å². The summed E-state index contributed by atoms with van der Waals surface area (Å²) >= 11 is 0. The monoisotopic (exact) mass is 328 g/mol. The summed E-state index contributed by atoms with van der Waals surface area (Å²) in [6.45, 7) is 0. The molecule has 1 aromatic rings. The number of methoxy groups -OCH3 is 1. The molecule has 0 saturated heterocycles. The molecule has 0 heterocycles. The molecule has 122 valence electrons. The number of rotatable bonds is 5. The fourth-order valence-electron chi connectivity index (χ4n) is 2.67. The standard InChI is InChI=1S/C14H20N2O5S/c1-21-12-8-9-14(13(10-12)16(17)18)22(19,20)15-11-6-4-2-3-5-7-11/h8-11,15H,2-7H2,1H3. The van der Waals surface area contributed by atoms with Crippen molar-refractivity contribution in [3.63, 3.8) is 0 Å². The Morgan fingerprint density at radius 1 is 1.23 bits per heavy atom. The molecular weight excluding hydrogens is 308 g/mol. The van der Waals surface area contributed by atoms with Crippen LogP contribution in [-0.4, -0.2) is 26.5 Å². The van der Waals surface area contributed by atoms with Gasteiger partial charge in [0, 0.05) is 6.04 Å². The van der Waals surface area contributed by atoms with Crippen LogP contribution >= 0.6 is 0 Å². The van der Waals surface area contributed by atoms with Gasteiger partial charge in [0.25, 0.3) is 5.69 Å². The Balaban J connectivity index is 2.30. The van der Waals surface area contributed by atoms with Gasteiger partial charge in [0.15, 0.2) is 4.90 Å². The summed E-state index contributed by atoms with van der Waals surface area (Å²) < 4.78 is 32.5. The van der Waals surface area contributed by atoms with Gasteiger partial charge >= 0.3 is 0 Å². The summed E-state index contributed by atoms with van der Waals surface area (Å²) in [5, 5.41) is 11.1. The lowest BCUT2D eigenvalue weighted by Gasteiger charge is -2.16. The molecule has 0 bridgehead atoms. The Kier molecular flexibility index (Phi) is 5.36. The summed E-state index contributed by atoms with van der Waals surface area (Å²) in [5.41, 5.74) is -0.472.